The maximum Gasteiger partial charge on any atom is 0.333 e. The second-order valence-electron chi connectivity index (χ2n) is 2.62. The van der Waals surface area contributed by atoms with E-state index < -0.39 is 28.5 Å². The molecular weight excluding hydrogens is 245 g/mol. The van der Waals surface area contributed by atoms with Gasteiger partial charge in [0.05, 0.1) is 0 Å². The van der Waals surface area contributed by atoms with Gasteiger partial charge in [0.1, 0.15) is 0 Å². The molecule has 0 aromatic heterocycles. The Bertz CT molecular complexity index is 205. The minimum atomic E-state index is -5.00. The van der Waals surface area contributed by atoms with Crippen LogP contribution in [0.2, 0.25) is 0 Å². The van der Waals surface area contributed by atoms with E-state index in [1.165, 1.54) is 0 Å². The lowest BCUT2D eigenvalue weighted by Gasteiger charge is -2.25. The van der Waals surface area contributed by atoms with E-state index in [9.17, 15) is 26.3 Å². The molecule has 4 atom stereocenters. The van der Waals surface area contributed by atoms with Gasteiger partial charge in [-0.2, -0.15) is 8.78 Å². The average Bonchev–Trinajstić information content (AvgIpc) is 2.05. The van der Waals surface area contributed by atoms with E-state index in [2.05, 4.69) is 23.2 Å². The van der Waals surface area contributed by atoms with E-state index in [0.29, 0.717) is 0 Å². The van der Waals surface area contributed by atoms with E-state index in [-0.39, 0.29) is 0 Å². The first-order valence-electron chi connectivity index (χ1n) is 2.98. The molecule has 0 bridgehead atoms. The van der Waals surface area contributed by atoms with Gasteiger partial charge in [-0.25, -0.2) is 17.6 Å². The Morgan fingerprint density at radius 1 is 0.846 bits per heavy atom. The van der Waals surface area contributed by atoms with Crippen LogP contribution in [0.25, 0.3) is 0 Å². The molecule has 0 aromatic rings. The summed E-state index contributed by atoms with van der Waals surface area (Å²) in [6.45, 7) is 0. The molecule has 4 unspecified atom stereocenters. The van der Waals surface area contributed by atoms with E-state index in [0.717, 1.165) is 0 Å². The molecule has 0 aromatic carbocycles. The molecule has 1 fully saturated rings. The highest BCUT2D eigenvalue weighted by Crippen LogP contribution is 2.60. The third-order valence-corrected chi connectivity index (χ3v) is 2.88. The first kappa shape index (κ1) is 11.2. The highest BCUT2D eigenvalue weighted by atomic mass is 35.5. The summed E-state index contributed by atoms with van der Waals surface area (Å²) >= 11 is 8.76. The van der Waals surface area contributed by atoms with Crippen LogP contribution in [0.15, 0.2) is 0 Å². The number of rotatable bonds is 0. The van der Waals surface area contributed by atoms with Crippen LogP contribution in [0.4, 0.5) is 26.3 Å². The van der Waals surface area contributed by atoms with Gasteiger partial charge in [0.25, 0.3) is 10.3 Å². The highest BCUT2D eigenvalue weighted by Gasteiger charge is 2.83. The van der Waals surface area contributed by atoms with Crippen molar-refractivity contribution in [3.05, 3.63) is 0 Å². The van der Waals surface area contributed by atoms with E-state index >= 15 is 0 Å². The van der Waals surface area contributed by atoms with Crippen LogP contribution in [0, 0.1) is 0 Å². The molecule has 13 heavy (non-hydrogen) atoms. The van der Waals surface area contributed by atoms with Gasteiger partial charge in [-0.15, -0.1) is 0 Å². The summed E-state index contributed by atoms with van der Waals surface area (Å²) < 4.78 is 74.9. The second kappa shape index (κ2) is 2.59. The average molecular weight is 247 g/mol. The van der Waals surface area contributed by atoms with Crippen LogP contribution in [0.3, 0.4) is 0 Å². The molecule has 0 amide bonds. The van der Waals surface area contributed by atoms with Gasteiger partial charge in [-0.1, -0.05) is 23.2 Å². The molecule has 8 heteroatoms. The normalized spacial score (nSPS) is 55.4. The lowest BCUT2D eigenvalue weighted by Crippen LogP contribution is -2.47. The van der Waals surface area contributed by atoms with Crippen LogP contribution in [-0.4, -0.2) is 28.5 Å². The fourth-order valence-electron chi connectivity index (χ4n) is 0.936. The van der Waals surface area contributed by atoms with Gasteiger partial charge in [0, 0.05) is 0 Å². The first-order valence-corrected chi connectivity index (χ1v) is 3.74. The lowest BCUT2D eigenvalue weighted by molar-refractivity contribution is -0.126. The van der Waals surface area contributed by atoms with E-state index in [1.54, 1.807) is 0 Å². The van der Waals surface area contributed by atoms with Crippen LogP contribution in [-0.2, 0) is 0 Å². The third kappa shape index (κ3) is 1.08. The smallest absolute Gasteiger partial charge is 0.239 e. The van der Waals surface area contributed by atoms with E-state index in [4.69, 9.17) is 0 Å². The zero-order chi connectivity index (χ0) is 10.7. The summed E-state index contributed by atoms with van der Waals surface area (Å²) in [6.07, 6.45) is -7.20. The Morgan fingerprint density at radius 3 is 1.31 bits per heavy atom. The minimum Gasteiger partial charge on any atom is -0.239 e. The third-order valence-electron chi connectivity index (χ3n) is 1.79. The standard InChI is InChI=1S/C5H2Cl2F6/c6-3(10)1(8)2(9)4(11,12)5(3,7)13/h1-2H. The fraction of sp³-hybridized carbons (Fsp3) is 1.00. The van der Waals surface area contributed by atoms with Crippen molar-refractivity contribution in [2.24, 2.45) is 0 Å². The van der Waals surface area contributed by atoms with Crippen LogP contribution < -0.4 is 0 Å². The van der Waals surface area contributed by atoms with Gasteiger partial charge < -0.3 is 0 Å². The molecule has 0 N–H and O–H groups in total. The number of alkyl halides is 8. The molecule has 0 radical (unpaired) electrons. The number of hydrogen-bond donors (Lipinski definition) is 0. The van der Waals surface area contributed by atoms with Crippen molar-refractivity contribution in [2.75, 3.05) is 0 Å². The van der Waals surface area contributed by atoms with Crippen molar-refractivity contribution < 1.29 is 26.3 Å². The van der Waals surface area contributed by atoms with Gasteiger partial charge >= 0.3 is 5.92 Å². The topological polar surface area (TPSA) is 0 Å². The molecular formula is C5H2Cl2F6. The van der Waals surface area contributed by atoms with Crippen LogP contribution in [0.1, 0.15) is 0 Å². The molecule has 0 spiro atoms. The van der Waals surface area contributed by atoms with Gasteiger partial charge in [-0.3, -0.25) is 0 Å². The molecule has 1 aliphatic rings. The lowest BCUT2D eigenvalue weighted by atomic mass is 10.2. The molecule has 78 valence electrons. The van der Waals surface area contributed by atoms with Crippen molar-refractivity contribution in [3.8, 4) is 0 Å². The molecule has 1 rings (SSSR count). The van der Waals surface area contributed by atoms with Crippen molar-refractivity contribution in [1.29, 1.82) is 0 Å². The maximum absolute atomic E-state index is 12.7. The van der Waals surface area contributed by atoms with Gasteiger partial charge in [-0.05, 0) is 0 Å². The Kier molecular flexibility index (Phi) is 2.24. The second-order valence-corrected chi connectivity index (χ2v) is 3.69. The van der Waals surface area contributed by atoms with E-state index in [1.807, 2.05) is 0 Å². The summed E-state index contributed by atoms with van der Waals surface area (Å²) in [6, 6.07) is 0. The zero-order valence-electron chi connectivity index (χ0n) is 5.68. The Labute approximate surface area is 78.8 Å². The highest BCUT2D eigenvalue weighted by molar-refractivity contribution is 6.34. The summed E-state index contributed by atoms with van der Waals surface area (Å²) in [5.41, 5.74) is 0. The van der Waals surface area contributed by atoms with Gasteiger partial charge in [0.2, 0.25) is 6.17 Å². The summed E-state index contributed by atoms with van der Waals surface area (Å²) in [4.78, 5) is 0. The van der Waals surface area contributed by atoms with Crippen molar-refractivity contribution in [2.45, 2.75) is 28.5 Å². The summed E-state index contributed by atoms with van der Waals surface area (Å²) in [5, 5.41) is -8.85. The van der Waals surface area contributed by atoms with Crippen LogP contribution in [0.5, 0.6) is 0 Å². The molecule has 0 nitrogen and oxygen atoms in total. The van der Waals surface area contributed by atoms with Crippen LogP contribution >= 0.6 is 23.2 Å². The maximum atomic E-state index is 12.7. The summed E-state index contributed by atoms with van der Waals surface area (Å²) in [5.74, 6) is -5.00. The zero-order valence-corrected chi connectivity index (χ0v) is 7.19. The molecule has 1 saturated carbocycles. The predicted octanol–water partition coefficient (Wildman–Crippen LogP) is 3.12. The number of halogens is 8. The largest absolute Gasteiger partial charge is 0.333 e. The minimum absolute atomic E-state index is 3.51. The Balaban J connectivity index is 3.23. The SMILES string of the molecule is FC1C(F)C(F)(Cl)C(F)(Cl)C1(F)F. The quantitative estimate of drug-likeness (QED) is 0.455. The predicted molar refractivity (Wildman–Crippen MR) is 34.1 cm³/mol. The number of hydrogen-bond acceptors (Lipinski definition) is 0. The first-order chi connectivity index (χ1) is 5.57. The molecule has 0 saturated heterocycles. The van der Waals surface area contributed by atoms with Crippen molar-refractivity contribution in [1.82, 2.24) is 0 Å². The Hall–Kier alpha value is 0.160. The summed E-state index contributed by atoms with van der Waals surface area (Å²) in [7, 11) is 0. The molecule has 1 aliphatic carbocycles. The molecule has 0 aliphatic heterocycles. The van der Waals surface area contributed by atoms with Crippen molar-refractivity contribution in [3.63, 3.8) is 0 Å². The monoisotopic (exact) mass is 246 g/mol. The molecule has 0 heterocycles. The van der Waals surface area contributed by atoms with Gasteiger partial charge in [0.15, 0.2) is 6.17 Å². The Morgan fingerprint density at radius 2 is 1.23 bits per heavy atom. The fourth-order valence-corrected chi connectivity index (χ4v) is 1.38. The van der Waals surface area contributed by atoms with Crippen molar-refractivity contribution >= 4 is 23.2 Å².